The normalized spacial score (nSPS) is 13.5. The first-order chi connectivity index (χ1) is 17.0. The van der Waals surface area contributed by atoms with E-state index < -0.39 is 23.9 Å². The Morgan fingerprint density at radius 2 is 1.75 bits per heavy atom. The quantitative estimate of drug-likeness (QED) is 0.350. The van der Waals surface area contributed by atoms with E-state index in [9.17, 15) is 18.0 Å². The van der Waals surface area contributed by atoms with Crippen LogP contribution < -0.4 is 10.1 Å². The van der Waals surface area contributed by atoms with Gasteiger partial charge in [0, 0.05) is 60.3 Å². The molecule has 0 radical (unpaired) electrons. The average Bonchev–Trinajstić information content (AvgIpc) is 3.33. The Labute approximate surface area is 212 Å². The molecule has 11 heteroatoms. The molecule has 0 bridgehead atoms. The Bertz CT molecular complexity index is 1170. The van der Waals surface area contributed by atoms with E-state index in [1.165, 1.54) is 0 Å². The molecule has 0 saturated heterocycles. The van der Waals surface area contributed by atoms with Crippen molar-refractivity contribution in [3.8, 4) is 16.3 Å². The maximum Gasteiger partial charge on any atom is 0.451 e. The van der Waals surface area contributed by atoms with E-state index in [4.69, 9.17) is 9.47 Å². The number of aromatic nitrogens is 3. The third kappa shape index (κ3) is 7.23. The van der Waals surface area contributed by atoms with Crippen LogP contribution in [0, 0.1) is 0 Å². The standard InChI is InChI=1S/C25H29F3N4O3S/c1-14(2)21-13-29-23(36-21)18-8-17(9-20(10-18)35-15(3)6-7-34-5)22(33)32-16(4)19-11-30-24(31-12-19)25(26,27)28/h8-16H,6-7H2,1-5H3,(H,32,33)/t15-,16-/m1/s1. The van der Waals surface area contributed by atoms with Gasteiger partial charge >= 0.3 is 6.18 Å². The molecule has 0 saturated carbocycles. The molecule has 0 unspecified atom stereocenters. The van der Waals surface area contributed by atoms with Crippen LogP contribution in [0.4, 0.5) is 13.2 Å². The minimum atomic E-state index is -4.63. The number of amides is 1. The van der Waals surface area contributed by atoms with Crippen molar-refractivity contribution in [3.63, 3.8) is 0 Å². The molecule has 0 aliphatic heterocycles. The average molecular weight is 523 g/mol. The van der Waals surface area contributed by atoms with Gasteiger partial charge in [0.25, 0.3) is 5.91 Å². The molecule has 2 heterocycles. The second-order valence-electron chi connectivity index (χ2n) is 8.71. The lowest BCUT2D eigenvalue weighted by molar-refractivity contribution is -0.145. The van der Waals surface area contributed by atoms with Crippen molar-refractivity contribution >= 4 is 17.2 Å². The lowest BCUT2D eigenvalue weighted by atomic mass is 10.1. The predicted octanol–water partition coefficient (Wildman–Crippen LogP) is 6.04. The molecule has 0 aliphatic rings. The molecule has 7 nitrogen and oxygen atoms in total. The molecule has 3 aromatic rings. The summed E-state index contributed by atoms with van der Waals surface area (Å²) in [6, 6.07) is 4.58. The first kappa shape index (κ1) is 27.5. The van der Waals surface area contributed by atoms with Gasteiger partial charge in [-0.05, 0) is 38.0 Å². The summed E-state index contributed by atoms with van der Waals surface area (Å²) in [5.41, 5.74) is 1.42. The van der Waals surface area contributed by atoms with Crippen molar-refractivity contribution in [1.29, 1.82) is 0 Å². The molecule has 0 spiro atoms. The van der Waals surface area contributed by atoms with E-state index in [0.29, 0.717) is 35.8 Å². The van der Waals surface area contributed by atoms with Gasteiger partial charge in [0.15, 0.2) is 0 Å². The van der Waals surface area contributed by atoms with Gasteiger partial charge in [0.2, 0.25) is 5.82 Å². The number of thiazole rings is 1. The molecule has 1 aromatic carbocycles. The van der Waals surface area contributed by atoms with Crippen molar-refractivity contribution in [2.75, 3.05) is 13.7 Å². The topological polar surface area (TPSA) is 86.2 Å². The smallest absolute Gasteiger partial charge is 0.451 e. The van der Waals surface area contributed by atoms with E-state index in [1.54, 1.807) is 37.5 Å². The highest BCUT2D eigenvalue weighted by atomic mass is 32.1. The van der Waals surface area contributed by atoms with E-state index in [1.807, 2.05) is 19.2 Å². The summed E-state index contributed by atoms with van der Waals surface area (Å²) in [6.07, 6.45) is -0.165. The zero-order valence-corrected chi connectivity index (χ0v) is 21.5. The number of rotatable bonds is 10. The summed E-state index contributed by atoms with van der Waals surface area (Å²) >= 11 is 1.54. The molecule has 1 amide bonds. The summed E-state index contributed by atoms with van der Waals surface area (Å²) in [5, 5.41) is 3.55. The second kappa shape index (κ2) is 11.8. The van der Waals surface area contributed by atoms with Gasteiger partial charge in [-0.3, -0.25) is 4.79 Å². The third-order valence-electron chi connectivity index (χ3n) is 5.35. The summed E-state index contributed by atoms with van der Waals surface area (Å²) in [5.74, 6) is -0.822. The number of carbonyl (C=O) groups is 1. The number of halogens is 3. The number of nitrogens with zero attached hydrogens (tertiary/aromatic N) is 3. The Morgan fingerprint density at radius 1 is 1.06 bits per heavy atom. The predicted molar refractivity (Wildman–Crippen MR) is 131 cm³/mol. The van der Waals surface area contributed by atoms with Gasteiger partial charge < -0.3 is 14.8 Å². The zero-order chi connectivity index (χ0) is 26.5. The van der Waals surface area contributed by atoms with Crippen molar-refractivity contribution in [2.45, 2.75) is 58.4 Å². The molecule has 194 valence electrons. The van der Waals surface area contributed by atoms with Crippen LogP contribution in [0.15, 0.2) is 36.8 Å². The highest BCUT2D eigenvalue weighted by Gasteiger charge is 2.34. The summed E-state index contributed by atoms with van der Waals surface area (Å²) in [4.78, 5) is 25.5. The van der Waals surface area contributed by atoms with Gasteiger partial charge in [0.05, 0.1) is 12.1 Å². The van der Waals surface area contributed by atoms with Crippen LogP contribution in [0.2, 0.25) is 0 Å². The van der Waals surface area contributed by atoms with E-state index in [0.717, 1.165) is 27.8 Å². The van der Waals surface area contributed by atoms with E-state index in [2.05, 4.69) is 34.1 Å². The first-order valence-electron chi connectivity index (χ1n) is 11.4. The highest BCUT2D eigenvalue weighted by molar-refractivity contribution is 7.15. The number of hydrogen-bond acceptors (Lipinski definition) is 7. The lowest BCUT2D eigenvalue weighted by Crippen LogP contribution is -2.27. The van der Waals surface area contributed by atoms with Crippen LogP contribution in [0.25, 0.3) is 10.6 Å². The molecule has 0 fully saturated rings. The fraction of sp³-hybridized carbons (Fsp3) is 0.440. The van der Waals surface area contributed by atoms with Gasteiger partial charge in [-0.1, -0.05) is 13.8 Å². The van der Waals surface area contributed by atoms with E-state index >= 15 is 0 Å². The Kier molecular flexibility index (Phi) is 9.02. The number of alkyl halides is 3. The lowest BCUT2D eigenvalue weighted by Gasteiger charge is -2.18. The van der Waals surface area contributed by atoms with Gasteiger partial charge in [0.1, 0.15) is 10.8 Å². The van der Waals surface area contributed by atoms with Gasteiger partial charge in [-0.15, -0.1) is 11.3 Å². The Balaban J connectivity index is 1.86. The first-order valence-corrected chi connectivity index (χ1v) is 12.3. The minimum Gasteiger partial charge on any atom is -0.491 e. The number of nitrogens with one attached hydrogen (secondary N) is 1. The molecule has 3 rings (SSSR count). The molecule has 1 N–H and O–H groups in total. The minimum absolute atomic E-state index is 0.151. The fourth-order valence-corrected chi connectivity index (χ4v) is 4.16. The molecular formula is C25H29F3N4O3S. The number of hydrogen-bond donors (Lipinski definition) is 1. The van der Waals surface area contributed by atoms with Crippen LogP contribution in [-0.2, 0) is 10.9 Å². The second-order valence-corrected chi connectivity index (χ2v) is 9.77. The molecular weight excluding hydrogens is 493 g/mol. The summed E-state index contributed by atoms with van der Waals surface area (Å²) in [7, 11) is 1.62. The molecule has 2 atom stereocenters. The van der Waals surface area contributed by atoms with Crippen LogP contribution in [0.1, 0.15) is 72.7 Å². The summed E-state index contributed by atoms with van der Waals surface area (Å²) < 4.78 is 49.4. The summed E-state index contributed by atoms with van der Waals surface area (Å²) in [6.45, 7) is 8.26. The monoisotopic (exact) mass is 522 g/mol. The number of carbonyl (C=O) groups excluding carboxylic acids is 1. The van der Waals surface area contributed by atoms with Crippen LogP contribution in [0.3, 0.4) is 0 Å². The molecule has 0 aliphatic carbocycles. The largest absolute Gasteiger partial charge is 0.491 e. The van der Waals surface area contributed by atoms with Crippen molar-refractivity contribution in [2.24, 2.45) is 0 Å². The third-order valence-corrected chi connectivity index (χ3v) is 6.69. The molecule has 36 heavy (non-hydrogen) atoms. The van der Waals surface area contributed by atoms with E-state index in [-0.39, 0.29) is 6.10 Å². The van der Waals surface area contributed by atoms with Gasteiger partial charge in [-0.25, -0.2) is 15.0 Å². The van der Waals surface area contributed by atoms with Crippen molar-refractivity contribution in [3.05, 3.63) is 58.6 Å². The van der Waals surface area contributed by atoms with Gasteiger partial charge in [-0.2, -0.15) is 13.2 Å². The van der Waals surface area contributed by atoms with Crippen LogP contribution in [0.5, 0.6) is 5.75 Å². The van der Waals surface area contributed by atoms with Crippen LogP contribution in [-0.4, -0.2) is 40.7 Å². The number of methoxy groups -OCH3 is 1. The highest BCUT2D eigenvalue weighted by Crippen LogP contribution is 2.33. The maximum atomic E-state index is 13.1. The SMILES string of the molecule is COCC[C@@H](C)Oc1cc(C(=O)N[C@H](C)c2cnc(C(F)(F)F)nc2)cc(-c2ncc(C(C)C)s2)c1. The fourth-order valence-electron chi connectivity index (χ4n) is 3.26. The Morgan fingerprint density at radius 3 is 2.33 bits per heavy atom. The number of ether oxygens (including phenoxy) is 2. The zero-order valence-electron chi connectivity index (χ0n) is 20.7. The maximum absolute atomic E-state index is 13.1. The molecule has 2 aromatic heterocycles. The van der Waals surface area contributed by atoms with Crippen molar-refractivity contribution < 1.29 is 27.4 Å². The number of benzene rings is 1. The van der Waals surface area contributed by atoms with Crippen molar-refractivity contribution in [1.82, 2.24) is 20.3 Å². The van der Waals surface area contributed by atoms with Crippen LogP contribution >= 0.6 is 11.3 Å². The Hall–Kier alpha value is -3.05.